The number of rotatable bonds is 4. The summed E-state index contributed by atoms with van der Waals surface area (Å²) in [5.74, 6) is 0. The Hall–Kier alpha value is -3.88. The molecular formula is C31H31N7O. The molecule has 3 aliphatic rings. The average molecular weight is 518 g/mol. The minimum atomic E-state index is 0.648. The number of pyridine rings is 1. The van der Waals surface area contributed by atoms with Gasteiger partial charge in [-0.3, -0.25) is 10.00 Å². The van der Waals surface area contributed by atoms with Gasteiger partial charge in [0.2, 0.25) is 0 Å². The van der Waals surface area contributed by atoms with E-state index in [1.54, 1.807) is 0 Å². The number of ether oxygens (including phenoxy) is 1. The molecule has 2 bridgehead atoms. The Labute approximate surface area is 226 Å². The Bertz CT molecular complexity index is 1660. The SMILES string of the molecule is Cc1n[nH]nc1-c1ccc(-c2[nH]nc3ncc(-c4ccc5c(c4)CCC(N4C6COCC4C6)CC5)cc23)cc1. The third-order valence-corrected chi connectivity index (χ3v) is 9.04. The van der Waals surface area contributed by atoms with Crippen molar-refractivity contribution in [2.45, 2.75) is 57.2 Å². The Morgan fingerprint density at radius 3 is 2.33 bits per heavy atom. The zero-order chi connectivity index (χ0) is 25.9. The molecule has 0 saturated carbocycles. The molecule has 8 heteroatoms. The molecule has 3 unspecified atom stereocenters. The van der Waals surface area contributed by atoms with E-state index in [2.05, 4.69) is 79.0 Å². The molecule has 2 aromatic carbocycles. The number of aromatic amines is 2. The van der Waals surface area contributed by atoms with Crippen LogP contribution in [0.3, 0.4) is 0 Å². The number of nitrogens with one attached hydrogen (secondary N) is 2. The molecule has 3 aromatic heterocycles. The molecule has 196 valence electrons. The van der Waals surface area contributed by atoms with Crippen molar-refractivity contribution in [3.05, 3.63) is 71.5 Å². The van der Waals surface area contributed by atoms with Gasteiger partial charge in [0.15, 0.2) is 5.65 Å². The van der Waals surface area contributed by atoms with Gasteiger partial charge in [-0.1, -0.05) is 42.5 Å². The molecule has 0 spiro atoms. The third-order valence-electron chi connectivity index (χ3n) is 9.04. The van der Waals surface area contributed by atoms with E-state index in [-0.39, 0.29) is 0 Å². The number of benzene rings is 2. The quantitative estimate of drug-likeness (QED) is 0.322. The summed E-state index contributed by atoms with van der Waals surface area (Å²) in [4.78, 5) is 7.48. The third kappa shape index (κ3) is 3.89. The van der Waals surface area contributed by atoms with Crippen LogP contribution in [0.1, 0.15) is 36.1 Å². The number of fused-ring (bicyclic) bond motifs is 4. The maximum atomic E-state index is 5.74. The normalized spacial score (nSPS) is 22.8. The lowest BCUT2D eigenvalue weighted by atomic mass is 9.87. The van der Waals surface area contributed by atoms with E-state index in [4.69, 9.17) is 9.72 Å². The van der Waals surface area contributed by atoms with Crippen molar-refractivity contribution in [3.63, 3.8) is 0 Å². The van der Waals surface area contributed by atoms with Crippen molar-refractivity contribution in [2.24, 2.45) is 0 Å². The van der Waals surface area contributed by atoms with E-state index in [0.29, 0.717) is 18.1 Å². The molecule has 3 atom stereocenters. The Balaban J connectivity index is 1.07. The molecule has 1 aliphatic carbocycles. The highest BCUT2D eigenvalue weighted by molar-refractivity contribution is 5.93. The van der Waals surface area contributed by atoms with Crippen molar-refractivity contribution in [1.29, 1.82) is 0 Å². The van der Waals surface area contributed by atoms with Crippen LogP contribution in [0.5, 0.6) is 0 Å². The van der Waals surface area contributed by atoms with E-state index in [1.165, 1.54) is 36.0 Å². The van der Waals surface area contributed by atoms with Gasteiger partial charge in [-0.15, -0.1) is 0 Å². The average Bonchev–Trinajstić information content (AvgIpc) is 3.54. The maximum Gasteiger partial charge on any atom is 0.181 e. The van der Waals surface area contributed by atoms with Crippen molar-refractivity contribution in [1.82, 2.24) is 35.5 Å². The van der Waals surface area contributed by atoms with E-state index >= 15 is 0 Å². The molecule has 39 heavy (non-hydrogen) atoms. The van der Waals surface area contributed by atoms with Crippen molar-refractivity contribution >= 4 is 11.0 Å². The molecule has 2 fully saturated rings. The first-order valence-corrected chi connectivity index (χ1v) is 14.0. The number of hydrogen-bond donors (Lipinski definition) is 2. The van der Waals surface area contributed by atoms with Crippen molar-refractivity contribution < 1.29 is 4.74 Å². The summed E-state index contributed by atoms with van der Waals surface area (Å²) in [7, 11) is 0. The van der Waals surface area contributed by atoms with Crippen LogP contribution in [-0.4, -0.2) is 66.8 Å². The van der Waals surface area contributed by atoms with Crippen LogP contribution in [0.2, 0.25) is 0 Å². The molecule has 8 nitrogen and oxygen atoms in total. The predicted octanol–water partition coefficient (Wildman–Crippen LogP) is 5.11. The molecular weight excluding hydrogens is 486 g/mol. The lowest BCUT2D eigenvalue weighted by Gasteiger charge is -2.56. The van der Waals surface area contributed by atoms with Gasteiger partial charge in [-0.2, -0.15) is 20.5 Å². The fraction of sp³-hybridized carbons (Fsp3) is 0.355. The molecule has 5 aromatic rings. The first kappa shape index (κ1) is 23.0. The zero-order valence-electron chi connectivity index (χ0n) is 22.0. The second-order valence-corrected chi connectivity index (χ2v) is 11.3. The van der Waals surface area contributed by atoms with Crippen LogP contribution in [-0.2, 0) is 17.6 Å². The monoisotopic (exact) mass is 517 g/mol. The predicted molar refractivity (Wildman–Crippen MR) is 150 cm³/mol. The molecule has 2 aliphatic heterocycles. The fourth-order valence-electron chi connectivity index (χ4n) is 6.96. The number of aromatic nitrogens is 6. The Morgan fingerprint density at radius 2 is 1.56 bits per heavy atom. The van der Waals surface area contributed by atoms with Crippen LogP contribution in [0.25, 0.3) is 44.7 Å². The summed E-state index contributed by atoms with van der Waals surface area (Å²) < 4.78 is 5.74. The Kier molecular flexibility index (Phi) is 5.38. The van der Waals surface area contributed by atoms with Crippen molar-refractivity contribution in [3.8, 4) is 33.6 Å². The number of H-pyrrole nitrogens is 2. The molecule has 8 rings (SSSR count). The number of nitrogens with zero attached hydrogens (tertiary/aromatic N) is 5. The number of hydrogen-bond acceptors (Lipinski definition) is 6. The summed E-state index contributed by atoms with van der Waals surface area (Å²) in [6.07, 6.45) is 8.05. The molecule has 0 amide bonds. The summed E-state index contributed by atoms with van der Waals surface area (Å²) in [5, 5.41) is 19.8. The number of aryl methyl sites for hydroxylation is 3. The Morgan fingerprint density at radius 1 is 0.795 bits per heavy atom. The molecule has 5 heterocycles. The van der Waals surface area contributed by atoms with E-state index < -0.39 is 0 Å². The first-order chi connectivity index (χ1) is 19.2. The van der Waals surface area contributed by atoms with Crippen LogP contribution in [0.4, 0.5) is 0 Å². The smallest absolute Gasteiger partial charge is 0.181 e. The second-order valence-electron chi connectivity index (χ2n) is 11.3. The molecule has 2 N–H and O–H groups in total. The summed E-state index contributed by atoms with van der Waals surface area (Å²) >= 11 is 0. The fourth-order valence-corrected chi connectivity index (χ4v) is 6.96. The summed E-state index contributed by atoms with van der Waals surface area (Å²) in [6.45, 7) is 3.79. The lowest BCUT2D eigenvalue weighted by Crippen LogP contribution is -2.66. The van der Waals surface area contributed by atoms with E-state index in [0.717, 1.165) is 70.9 Å². The maximum absolute atomic E-state index is 5.74. The minimum Gasteiger partial charge on any atom is -0.378 e. The summed E-state index contributed by atoms with van der Waals surface area (Å²) in [5.41, 5.74) is 10.9. The number of morpholine rings is 1. The second kappa shape index (κ2) is 9.10. The summed E-state index contributed by atoms with van der Waals surface area (Å²) in [6, 6.07) is 19.6. The van der Waals surface area contributed by atoms with E-state index in [1.807, 2.05) is 13.1 Å². The van der Waals surface area contributed by atoms with Crippen LogP contribution >= 0.6 is 0 Å². The van der Waals surface area contributed by atoms with Gasteiger partial charge in [0, 0.05) is 46.4 Å². The van der Waals surface area contributed by atoms with Gasteiger partial charge >= 0.3 is 0 Å². The highest BCUT2D eigenvalue weighted by atomic mass is 16.5. The topological polar surface area (TPSA) is 95.6 Å². The highest BCUT2D eigenvalue weighted by Crippen LogP contribution is 2.38. The van der Waals surface area contributed by atoms with Gasteiger partial charge in [0.25, 0.3) is 0 Å². The minimum absolute atomic E-state index is 0.648. The van der Waals surface area contributed by atoms with Crippen molar-refractivity contribution in [2.75, 3.05) is 13.2 Å². The van der Waals surface area contributed by atoms with Crippen LogP contribution < -0.4 is 0 Å². The zero-order valence-corrected chi connectivity index (χ0v) is 22.0. The standard InChI is InChI=1S/C31H31N7O/c1-18-29(35-37-33-18)20-3-5-21(6-4-20)30-28-13-24(15-32-31(28)36-34-30)23-7-2-19-8-10-25(11-9-22(19)12-23)38-26-14-27(38)17-39-16-26/h2-7,12-13,15,25-27H,8-11,14,16-17H2,1H3,(H,32,34,36)(H,33,35,37). The first-order valence-electron chi connectivity index (χ1n) is 14.0. The van der Waals surface area contributed by atoms with E-state index in [9.17, 15) is 0 Å². The van der Waals surface area contributed by atoms with Crippen LogP contribution in [0, 0.1) is 6.92 Å². The lowest BCUT2D eigenvalue weighted by molar-refractivity contribution is -0.148. The van der Waals surface area contributed by atoms with Gasteiger partial charge in [0.1, 0.15) is 5.69 Å². The van der Waals surface area contributed by atoms with Gasteiger partial charge in [-0.25, -0.2) is 4.98 Å². The molecule has 2 saturated heterocycles. The largest absolute Gasteiger partial charge is 0.378 e. The van der Waals surface area contributed by atoms with Gasteiger partial charge in [-0.05, 0) is 61.8 Å². The highest BCUT2D eigenvalue weighted by Gasteiger charge is 2.45. The van der Waals surface area contributed by atoms with Crippen LogP contribution in [0.15, 0.2) is 54.7 Å². The van der Waals surface area contributed by atoms with Gasteiger partial charge < -0.3 is 4.74 Å². The van der Waals surface area contributed by atoms with Gasteiger partial charge in [0.05, 0.1) is 24.6 Å². The molecule has 0 radical (unpaired) electrons.